The number of rotatable bonds is 14. The van der Waals surface area contributed by atoms with E-state index in [2.05, 4.69) is 64.0 Å². The molecule has 4 atom stereocenters. The monoisotopic (exact) mass is 1240 g/mol. The predicted molar refractivity (Wildman–Crippen MR) is 329 cm³/mol. The van der Waals surface area contributed by atoms with E-state index in [-0.39, 0.29) is 82.3 Å². The number of carbonyl (C=O) groups excluding carboxylic acids is 2. The second kappa shape index (κ2) is 26.3. The molecule has 2 N–H and O–H groups in total. The molecule has 4 aromatic carbocycles. The first kappa shape index (κ1) is 63.3. The summed E-state index contributed by atoms with van der Waals surface area (Å²) in [5, 5.41) is 28.9. The van der Waals surface area contributed by atoms with Crippen molar-refractivity contribution in [1.82, 2.24) is 48.8 Å². The Hall–Kier alpha value is -8.32. The van der Waals surface area contributed by atoms with Crippen LogP contribution in [0.3, 0.4) is 0 Å². The van der Waals surface area contributed by atoms with E-state index in [0.717, 1.165) is 57.7 Å². The molecule has 0 saturated carbocycles. The van der Waals surface area contributed by atoms with Gasteiger partial charge >= 0.3 is 12.4 Å². The van der Waals surface area contributed by atoms with Crippen molar-refractivity contribution < 1.29 is 55.6 Å². The quantitative estimate of drug-likeness (QED) is 0.0985. The highest BCUT2D eigenvalue weighted by Crippen LogP contribution is 2.40. The number of ether oxygens (including phenoxy) is 2. The lowest BCUT2D eigenvalue weighted by atomic mass is 10.0. The number of nitrogens with zero attached hydrogens (tertiary/aromatic N) is 12. The fourth-order valence-corrected chi connectivity index (χ4v) is 13.3. The number of aromatic nitrogens is 6. The summed E-state index contributed by atoms with van der Waals surface area (Å²) < 4.78 is 98.2. The van der Waals surface area contributed by atoms with Gasteiger partial charge in [-0.3, -0.25) is 19.4 Å². The highest BCUT2D eigenvalue weighted by atomic mass is 19.4. The Labute approximate surface area is 517 Å². The van der Waals surface area contributed by atoms with Crippen molar-refractivity contribution in [2.75, 3.05) is 103 Å². The van der Waals surface area contributed by atoms with Crippen LogP contribution in [0.5, 0.6) is 11.5 Å². The molecule has 90 heavy (non-hydrogen) atoms. The number of hydrogen-bond donors (Lipinski definition) is 2. The molecule has 4 saturated heterocycles. The number of halogens is 6. The van der Waals surface area contributed by atoms with Crippen LogP contribution in [-0.2, 0) is 12.4 Å². The first-order valence-corrected chi connectivity index (χ1v) is 30.4. The molecule has 0 unspecified atom stereocenters. The third-order valence-corrected chi connectivity index (χ3v) is 18.0. The van der Waals surface area contributed by atoms with Gasteiger partial charge in [0, 0.05) is 111 Å². The zero-order valence-corrected chi connectivity index (χ0v) is 51.2. The first-order chi connectivity index (χ1) is 43.2. The number of amides is 2. The number of carbonyl (C=O) groups is 2. The summed E-state index contributed by atoms with van der Waals surface area (Å²) in [6.45, 7) is 13.1. The fourth-order valence-electron chi connectivity index (χ4n) is 13.3. The lowest BCUT2D eigenvalue weighted by Crippen LogP contribution is -2.55. The van der Waals surface area contributed by atoms with Gasteiger partial charge in [-0.2, -0.15) is 36.5 Å². The van der Waals surface area contributed by atoms with Crippen LogP contribution in [0.25, 0.3) is 33.8 Å². The average Bonchev–Trinajstić information content (AvgIpc) is 1.51. The van der Waals surface area contributed by atoms with E-state index in [4.69, 9.17) is 9.47 Å². The molecule has 8 aromatic rings. The van der Waals surface area contributed by atoms with Crippen LogP contribution < -0.4 is 19.3 Å². The van der Waals surface area contributed by atoms with Gasteiger partial charge in [-0.25, -0.2) is 19.0 Å². The number of hydrogen-bond acceptors (Lipinski definition) is 14. The maximum atomic E-state index is 14.4. The van der Waals surface area contributed by atoms with Crippen molar-refractivity contribution in [1.29, 1.82) is 0 Å². The molecule has 0 spiro atoms. The van der Waals surface area contributed by atoms with Gasteiger partial charge < -0.3 is 39.3 Å². The normalized spacial score (nSPS) is 18.5. The summed E-state index contributed by atoms with van der Waals surface area (Å²) in [6.07, 6.45) is -2.43. The number of piperazine rings is 2. The van der Waals surface area contributed by atoms with E-state index < -0.39 is 35.6 Å². The molecular weight excluding hydrogens is 1170 g/mol. The Kier molecular flexibility index (Phi) is 18.5. The number of methoxy groups -OCH3 is 2. The van der Waals surface area contributed by atoms with E-state index >= 15 is 0 Å². The summed E-state index contributed by atoms with van der Waals surface area (Å²) in [4.78, 5) is 49.4. The van der Waals surface area contributed by atoms with E-state index in [1.165, 1.54) is 66.1 Å². The lowest BCUT2D eigenvalue weighted by molar-refractivity contribution is -0.144. The van der Waals surface area contributed by atoms with Crippen molar-refractivity contribution in [3.8, 4) is 34.0 Å². The Balaban J connectivity index is 0.000000185. The summed E-state index contributed by atoms with van der Waals surface area (Å²) >= 11 is 0. The van der Waals surface area contributed by atoms with Crippen LogP contribution in [0.4, 0.5) is 37.7 Å². The van der Waals surface area contributed by atoms with Crippen LogP contribution in [0, 0.1) is 13.8 Å². The molecular formula is C66H74F6N12O6. The van der Waals surface area contributed by atoms with Crippen LogP contribution in [0.1, 0.15) is 106 Å². The molecule has 0 radical (unpaired) electrons. The lowest BCUT2D eigenvalue weighted by Gasteiger charge is -2.43. The predicted octanol–water partition coefficient (Wildman–Crippen LogP) is 10.4. The summed E-state index contributed by atoms with van der Waals surface area (Å²) in [6, 6.07) is 28.7. The maximum Gasteiger partial charge on any atom is 0.433 e. The zero-order valence-electron chi connectivity index (χ0n) is 51.2. The zero-order chi connectivity index (χ0) is 63.8. The van der Waals surface area contributed by atoms with Crippen molar-refractivity contribution in [3.05, 3.63) is 154 Å². The Morgan fingerprint density at radius 3 is 1.23 bits per heavy atom. The van der Waals surface area contributed by atoms with Crippen molar-refractivity contribution >= 4 is 34.5 Å². The van der Waals surface area contributed by atoms with Gasteiger partial charge in [0.2, 0.25) is 0 Å². The van der Waals surface area contributed by atoms with Gasteiger partial charge in [0.05, 0.1) is 63.3 Å². The van der Waals surface area contributed by atoms with E-state index in [0.29, 0.717) is 61.9 Å². The van der Waals surface area contributed by atoms with Crippen LogP contribution in [0.15, 0.2) is 109 Å². The number of fused-ring (bicyclic) bond motifs is 2. The molecule has 0 aliphatic carbocycles. The molecule has 4 aromatic heterocycles. The fraction of sp³-hybridized carbons (Fsp3) is 0.424. The molecule has 4 aliphatic rings. The average molecular weight is 1250 g/mol. The molecule has 12 rings (SSSR count). The molecule has 18 nitrogen and oxygen atoms in total. The Morgan fingerprint density at radius 1 is 0.544 bits per heavy atom. The topological polar surface area (TPSA) is 173 Å². The van der Waals surface area contributed by atoms with Gasteiger partial charge in [-0.05, 0) is 137 Å². The number of alkyl halides is 6. The summed E-state index contributed by atoms with van der Waals surface area (Å²) in [5.74, 6) is 0.256. The van der Waals surface area contributed by atoms with Gasteiger partial charge in [-0.15, -0.1) is 0 Å². The number of aliphatic hydroxyl groups excluding tert-OH is 2. The molecule has 8 heterocycles. The minimum absolute atomic E-state index is 0.00702. The van der Waals surface area contributed by atoms with Crippen molar-refractivity contribution in [3.63, 3.8) is 0 Å². The summed E-state index contributed by atoms with van der Waals surface area (Å²) in [7, 11) is 3.02. The van der Waals surface area contributed by atoms with Crippen LogP contribution in [0.2, 0.25) is 0 Å². The van der Waals surface area contributed by atoms with Crippen LogP contribution >= 0.6 is 0 Å². The second-order valence-corrected chi connectivity index (χ2v) is 23.6. The Bertz CT molecular complexity index is 3620. The van der Waals surface area contributed by atoms with E-state index in [1.807, 2.05) is 38.1 Å². The molecule has 0 bridgehead atoms. The number of aliphatic hydroxyl groups is 2. The third kappa shape index (κ3) is 12.6. The molecule has 24 heteroatoms. The van der Waals surface area contributed by atoms with E-state index in [9.17, 15) is 46.1 Å². The molecule has 2 amide bonds. The smallest absolute Gasteiger partial charge is 0.433 e. The third-order valence-electron chi connectivity index (χ3n) is 18.0. The van der Waals surface area contributed by atoms with Crippen molar-refractivity contribution in [2.45, 2.75) is 89.9 Å². The SMILES string of the molecule is COc1ccc(-c2nc3c(C(=O)N4CCN([C@@H](CO)c5cccc(N6CCCC6)c5)C[C@H]4C)cnn3c(C(F)(F)F)c2C)cc1.COc1ccc(-c2nc3c(C(=O)N4CCN([C@H](CO)c5cccc(N6CCCC6)c5)C[C@H]4C)cnn3c(C(F)(F)F)c2C)cc1. The van der Waals surface area contributed by atoms with Crippen LogP contribution in [-0.4, -0.2) is 176 Å². The standard InChI is InChI=1S/2C33H37F3N6O3/c2*1-21-19-40(28(20-43)24-7-6-8-25(17-24)39-13-4-5-14-39)15-16-41(21)32(44)27-18-37-42-30(33(34,35)36)22(2)29(38-31(27)42)23-9-11-26(45-3)12-10-23/h2*6-12,17-18,21,28,43H,4-5,13-16,19-20H2,1-3H3/t21-,28+;21-,28-/m11/s1. The molecule has 4 aliphatic heterocycles. The highest BCUT2D eigenvalue weighted by molar-refractivity contribution is 6.01. The highest BCUT2D eigenvalue weighted by Gasteiger charge is 2.42. The first-order valence-electron chi connectivity index (χ1n) is 30.4. The number of anilines is 2. The van der Waals surface area contributed by atoms with Gasteiger partial charge in [-0.1, -0.05) is 24.3 Å². The minimum atomic E-state index is -4.73. The second-order valence-electron chi connectivity index (χ2n) is 23.6. The van der Waals surface area contributed by atoms with Gasteiger partial charge in [0.25, 0.3) is 11.8 Å². The number of benzene rings is 4. The van der Waals surface area contributed by atoms with Gasteiger partial charge in [0.1, 0.15) is 22.6 Å². The minimum Gasteiger partial charge on any atom is -0.497 e. The van der Waals surface area contributed by atoms with E-state index in [1.54, 1.807) is 58.3 Å². The van der Waals surface area contributed by atoms with Crippen molar-refractivity contribution in [2.24, 2.45) is 0 Å². The molecule has 4 fully saturated rings. The maximum absolute atomic E-state index is 14.4. The summed E-state index contributed by atoms with van der Waals surface area (Å²) in [5.41, 5.74) is 3.08. The molecule has 476 valence electrons. The van der Waals surface area contributed by atoms with Gasteiger partial charge in [0.15, 0.2) is 22.7 Å². The largest absolute Gasteiger partial charge is 0.497 e. The Morgan fingerprint density at radius 2 is 0.911 bits per heavy atom.